The Hall–Kier alpha value is -1.35. The Balaban J connectivity index is 2.83. The topological polar surface area (TPSA) is 32.3 Å². The van der Waals surface area contributed by atoms with Crippen LogP contribution in [0, 0.1) is 13.8 Å². The molecule has 1 aromatic rings. The van der Waals surface area contributed by atoms with Crippen LogP contribution in [0.3, 0.4) is 0 Å². The number of aryl methyl sites for hydroxylation is 2. The van der Waals surface area contributed by atoms with Gasteiger partial charge in [0.2, 0.25) is 0 Å². The molecule has 0 aromatic heterocycles. The monoisotopic (exact) mass is 220 g/mol. The summed E-state index contributed by atoms with van der Waals surface area (Å²) < 4.78 is 0. The zero-order valence-electron chi connectivity index (χ0n) is 10.5. The number of benzene rings is 1. The quantitative estimate of drug-likeness (QED) is 0.836. The van der Waals surface area contributed by atoms with E-state index in [1.165, 1.54) is 0 Å². The summed E-state index contributed by atoms with van der Waals surface area (Å²) in [6.07, 6.45) is 0. The highest BCUT2D eigenvalue weighted by Gasteiger charge is 2.13. The number of nitrogens with one attached hydrogen (secondary N) is 1. The minimum atomic E-state index is 0.0939. The molecule has 0 spiro atoms. The first kappa shape index (κ1) is 12.7. The van der Waals surface area contributed by atoms with Crippen molar-refractivity contribution < 1.29 is 4.79 Å². The summed E-state index contributed by atoms with van der Waals surface area (Å²) >= 11 is 0. The maximum atomic E-state index is 12.1. The number of hydrogen-bond acceptors (Lipinski definition) is 2. The van der Waals surface area contributed by atoms with Crippen molar-refractivity contribution in [2.75, 3.05) is 27.2 Å². The minimum absolute atomic E-state index is 0.0939. The molecule has 88 valence electrons. The summed E-state index contributed by atoms with van der Waals surface area (Å²) in [6, 6.07) is 5.97. The van der Waals surface area contributed by atoms with E-state index in [0.717, 1.165) is 29.8 Å². The van der Waals surface area contributed by atoms with Crippen LogP contribution in [0.5, 0.6) is 0 Å². The van der Waals surface area contributed by atoms with Crippen molar-refractivity contribution in [3.05, 3.63) is 34.9 Å². The van der Waals surface area contributed by atoms with Gasteiger partial charge >= 0.3 is 0 Å². The molecule has 0 heterocycles. The molecule has 0 saturated heterocycles. The van der Waals surface area contributed by atoms with E-state index in [1.807, 2.05) is 46.1 Å². The van der Waals surface area contributed by atoms with Crippen molar-refractivity contribution in [2.24, 2.45) is 0 Å². The Kier molecular flexibility index (Phi) is 4.50. The average Bonchev–Trinajstić information content (AvgIpc) is 2.28. The molecule has 3 nitrogen and oxygen atoms in total. The highest BCUT2D eigenvalue weighted by Crippen LogP contribution is 2.12. The fraction of sp³-hybridized carbons (Fsp3) is 0.462. The molecule has 3 heteroatoms. The van der Waals surface area contributed by atoms with E-state index in [1.54, 1.807) is 4.90 Å². The number of rotatable bonds is 4. The van der Waals surface area contributed by atoms with Crippen LogP contribution in [-0.4, -0.2) is 38.0 Å². The van der Waals surface area contributed by atoms with E-state index in [2.05, 4.69) is 5.32 Å². The molecule has 0 atom stereocenters. The minimum Gasteiger partial charge on any atom is -0.340 e. The third-order valence-corrected chi connectivity index (χ3v) is 2.67. The molecule has 1 aromatic carbocycles. The zero-order chi connectivity index (χ0) is 12.1. The Labute approximate surface area is 97.5 Å². The molecular weight excluding hydrogens is 200 g/mol. The normalized spacial score (nSPS) is 10.2. The summed E-state index contributed by atoms with van der Waals surface area (Å²) in [5.74, 6) is 0.0939. The van der Waals surface area contributed by atoms with Gasteiger partial charge in [0.05, 0.1) is 0 Å². The van der Waals surface area contributed by atoms with Crippen LogP contribution in [0.2, 0.25) is 0 Å². The second-order valence-electron chi connectivity index (χ2n) is 4.15. The smallest absolute Gasteiger partial charge is 0.253 e. The highest BCUT2D eigenvalue weighted by atomic mass is 16.2. The van der Waals surface area contributed by atoms with E-state index in [-0.39, 0.29) is 5.91 Å². The highest BCUT2D eigenvalue weighted by molar-refractivity contribution is 5.95. The van der Waals surface area contributed by atoms with Crippen LogP contribution >= 0.6 is 0 Å². The van der Waals surface area contributed by atoms with Crippen LogP contribution in [0.4, 0.5) is 0 Å². The van der Waals surface area contributed by atoms with Crippen molar-refractivity contribution in [1.29, 1.82) is 0 Å². The first-order valence-electron chi connectivity index (χ1n) is 5.53. The first-order valence-corrected chi connectivity index (χ1v) is 5.53. The van der Waals surface area contributed by atoms with Gasteiger partial charge in [-0.1, -0.05) is 17.7 Å². The van der Waals surface area contributed by atoms with Gasteiger partial charge in [0.25, 0.3) is 5.91 Å². The lowest BCUT2D eigenvalue weighted by Gasteiger charge is -2.18. The SMILES string of the molecule is CNCCN(C)C(=O)c1cc(C)ccc1C. The summed E-state index contributed by atoms with van der Waals surface area (Å²) in [7, 11) is 3.72. The lowest BCUT2D eigenvalue weighted by molar-refractivity contribution is 0.0796. The van der Waals surface area contributed by atoms with Crippen LogP contribution in [-0.2, 0) is 0 Å². The van der Waals surface area contributed by atoms with Gasteiger partial charge in [-0.2, -0.15) is 0 Å². The number of nitrogens with zero attached hydrogens (tertiary/aromatic N) is 1. The maximum absolute atomic E-state index is 12.1. The predicted octanol–water partition coefficient (Wildman–Crippen LogP) is 1.59. The second kappa shape index (κ2) is 5.66. The summed E-state index contributed by atoms with van der Waals surface area (Å²) in [4.78, 5) is 13.9. The number of carbonyl (C=O) groups is 1. The Morgan fingerprint density at radius 3 is 2.69 bits per heavy atom. The van der Waals surface area contributed by atoms with Crippen molar-refractivity contribution in [3.8, 4) is 0 Å². The van der Waals surface area contributed by atoms with E-state index in [4.69, 9.17) is 0 Å². The van der Waals surface area contributed by atoms with E-state index in [0.29, 0.717) is 0 Å². The predicted molar refractivity (Wildman–Crippen MR) is 66.8 cm³/mol. The molecule has 0 unspecified atom stereocenters. The second-order valence-corrected chi connectivity index (χ2v) is 4.15. The Morgan fingerprint density at radius 1 is 1.38 bits per heavy atom. The number of amides is 1. The van der Waals surface area contributed by atoms with Crippen molar-refractivity contribution >= 4 is 5.91 Å². The average molecular weight is 220 g/mol. The molecule has 1 N–H and O–H groups in total. The van der Waals surface area contributed by atoms with Crippen molar-refractivity contribution in [3.63, 3.8) is 0 Å². The van der Waals surface area contributed by atoms with Gasteiger partial charge in [0.15, 0.2) is 0 Å². The molecule has 0 fully saturated rings. The molecular formula is C13H20N2O. The lowest BCUT2D eigenvalue weighted by atomic mass is 10.0. The molecule has 0 aliphatic rings. The summed E-state index contributed by atoms with van der Waals surface area (Å²) in [5, 5.41) is 3.04. The number of likely N-dealkylation sites (N-methyl/N-ethyl adjacent to an activating group) is 2. The van der Waals surface area contributed by atoms with Gasteiger partial charge in [0.1, 0.15) is 0 Å². The van der Waals surface area contributed by atoms with Gasteiger partial charge in [-0.3, -0.25) is 4.79 Å². The van der Waals surface area contributed by atoms with Crippen LogP contribution in [0.1, 0.15) is 21.5 Å². The van der Waals surface area contributed by atoms with Crippen molar-refractivity contribution in [1.82, 2.24) is 10.2 Å². The molecule has 1 amide bonds. The standard InChI is InChI=1S/C13H20N2O/c1-10-5-6-11(2)12(9-10)13(16)15(4)8-7-14-3/h5-6,9,14H,7-8H2,1-4H3. The Bertz CT molecular complexity index is 374. The van der Waals surface area contributed by atoms with Gasteiger partial charge in [-0.15, -0.1) is 0 Å². The zero-order valence-corrected chi connectivity index (χ0v) is 10.5. The lowest BCUT2D eigenvalue weighted by Crippen LogP contribution is -2.33. The molecule has 0 radical (unpaired) electrons. The number of carbonyl (C=O) groups excluding carboxylic acids is 1. The van der Waals surface area contributed by atoms with Crippen molar-refractivity contribution in [2.45, 2.75) is 13.8 Å². The van der Waals surface area contributed by atoms with Gasteiger partial charge in [-0.25, -0.2) is 0 Å². The number of hydrogen-bond donors (Lipinski definition) is 1. The third-order valence-electron chi connectivity index (χ3n) is 2.67. The van der Waals surface area contributed by atoms with E-state index in [9.17, 15) is 4.79 Å². The molecule has 16 heavy (non-hydrogen) atoms. The fourth-order valence-electron chi connectivity index (χ4n) is 1.55. The first-order chi connectivity index (χ1) is 7.56. The fourth-order valence-corrected chi connectivity index (χ4v) is 1.55. The largest absolute Gasteiger partial charge is 0.340 e. The third kappa shape index (κ3) is 3.07. The van der Waals surface area contributed by atoms with E-state index >= 15 is 0 Å². The molecule has 0 bridgehead atoms. The van der Waals surface area contributed by atoms with Gasteiger partial charge in [0, 0.05) is 25.7 Å². The summed E-state index contributed by atoms with van der Waals surface area (Å²) in [5.41, 5.74) is 2.96. The van der Waals surface area contributed by atoms with Gasteiger partial charge < -0.3 is 10.2 Å². The molecule has 0 aliphatic carbocycles. The summed E-state index contributed by atoms with van der Waals surface area (Å²) in [6.45, 7) is 5.51. The van der Waals surface area contributed by atoms with E-state index < -0.39 is 0 Å². The van der Waals surface area contributed by atoms with Crippen LogP contribution < -0.4 is 5.32 Å². The maximum Gasteiger partial charge on any atom is 0.253 e. The molecule has 0 aliphatic heterocycles. The van der Waals surface area contributed by atoms with Gasteiger partial charge in [-0.05, 0) is 32.5 Å². The molecule has 0 saturated carbocycles. The van der Waals surface area contributed by atoms with Crippen LogP contribution in [0.15, 0.2) is 18.2 Å². The molecule has 1 rings (SSSR count). The van der Waals surface area contributed by atoms with Crippen LogP contribution in [0.25, 0.3) is 0 Å². The Morgan fingerprint density at radius 2 is 2.06 bits per heavy atom.